The predicted octanol–water partition coefficient (Wildman–Crippen LogP) is 2.92. The summed E-state index contributed by atoms with van der Waals surface area (Å²) in [5.74, 6) is 0. The van der Waals surface area contributed by atoms with Gasteiger partial charge in [0.25, 0.3) is 0 Å². The molecule has 2 N–H and O–H groups in total. The fourth-order valence-electron chi connectivity index (χ4n) is 1.69. The van der Waals surface area contributed by atoms with E-state index in [9.17, 15) is 4.79 Å². The molecule has 0 fully saturated rings. The van der Waals surface area contributed by atoms with Crippen LogP contribution in [0.15, 0.2) is 28.7 Å². The first-order valence-electron chi connectivity index (χ1n) is 6.39. The average molecular weight is 329 g/mol. The maximum absolute atomic E-state index is 12.0. The molecule has 2 amide bonds. The van der Waals surface area contributed by atoms with Gasteiger partial charge in [0.1, 0.15) is 0 Å². The van der Waals surface area contributed by atoms with Crippen LogP contribution >= 0.6 is 15.9 Å². The zero-order valence-corrected chi connectivity index (χ0v) is 13.1. The first-order valence-corrected chi connectivity index (χ1v) is 7.18. The van der Waals surface area contributed by atoms with Gasteiger partial charge in [0.05, 0.1) is 18.7 Å². The second-order valence-electron chi connectivity index (χ2n) is 4.60. The molecule has 1 aromatic rings. The van der Waals surface area contributed by atoms with Crippen molar-refractivity contribution >= 4 is 22.0 Å². The normalized spacial score (nSPS) is 13.7. The van der Waals surface area contributed by atoms with Crippen LogP contribution in [0.2, 0.25) is 0 Å². The van der Waals surface area contributed by atoms with E-state index < -0.39 is 0 Å². The number of amides is 2. The van der Waals surface area contributed by atoms with Gasteiger partial charge in [-0.05, 0) is 31.0 Å². The molecule has 2 unspecified atom stereocenters. The van der Waals surface area contributed by atoms with Crippen molar-refractivity contribution in [2.24, 2.45) is 0 Å². The van der Waals surface area contributed by atoms with E-state index in [2.05, 4.69) is 21.2 Å². The van der Waals surface area contributed by atoms with Gasteiger partial charge in [-0.25, -0.2) is 4.79 Å². The number of likely N-dealkylation sites (N-methyl/N-ethyl adjacent to an activating group) is 1. The van der Waals surface area contributed by atoms with Crippen LogP contribution in [0.1, 0.15) is 31.9 Å². The Bertz CT molecular complexity index is 408. The Labute approximate surface area is 122 Å². The Kier molecular flexibility index (Phi) is 6.31. The summed E-state index contributed by atoms with van der Waals surface area (Å²) in [7, 11) is 1.69. The molecule has 0 heterocycles. The number of aliphatic hydroxyl groups is 1. The van der Waals surface area contributed by atoms with Gasteiger partial charge in [-0.2, -0.15) is 0 Å². The summed E-state index contributed by atoms with van der Waals surface area (Å²) in [6.45, 7) is 3.79. The van der Waals surface area contributed by atoms with Gasteiger partial charge in [-0.3, -0.25) is 0 Å². The average Bonchev–Trinajstić information content (AvgIpc) is 2.43. The molecule has 4 nitrogen and oxygen atoms in total. The minimum Gasteiger partial charge on any atom is -0.394 e. The number of carbonyl (C=O) groups is 1. The third-order valence-electron chi connectivity index (χ3n) is 3.22. The van der Waals surface area contributed by atoms with Gasteiger partial charge >= 0.3 is 6.03 Å². The maximum atomic E-state index is 12.0. The van der Waals surface area contributed by atoms with Gasteiger partial charge in [0.2, 0.25) is 0 Å². The SMILES string of the molecule is CCC(NC(=O)N(C)C(C)CO)c1ccc(Br)cc1. The Morgan fingerprint density at radius 1 is 1.42 bits per heavy atom. The van der Waals surface area contributed by atoms with Crippen LogP contribution in [-0.2, 0) is 0 Å². The number of urea groups is 1. The largest absolute Gasteiger partial charge is 0.394 e. The summed E-state index contributed by atoms with van der Waals surface area (Å²) in [6.07, 6.45) is 0.814. The maximum Gasteiger partial charge on any atom is 0.317 e. The Morgan fingerprint density at radius 3 is 2.47 bits per heavy atom. The number of benzene rings is 1. The Balaban J connectivity index is 2.72. The zero-order valence-electron chi connectivity index (χ0n) is 11.6. The van der Waals surface area contributed by atoms with Gasteiger partial charge in [-0.15, -0.1) is 0 Å². The predicted molar refractivity (Wildman–Crippen MR) is 80.0 cm³/mol. The van der Waals surface area contributed by atoms with Crippen LogP contribution in [0.5, 0.6) is 0 Å². The molecular formula is C14H21BrN2O2. The molecule has 0 aliphatic carbocycles. The summed E-state index contributed by atoms with van der Waals surface area (Å²) < 4.78 is 1.02. The molecular weight excluding hydrogens is 308 g/mol. The Hall–Kier alpha value is -1.07. The van der Waals surface area contributed by atoms with Crippen molar-refractivity contribution in [3.8, 4) is 0 Å². The monoisotopic (exact) mass is 328 g/mol. The molecule has 0 saturated carbocycles. The number of hydrogen-bond donors (Lipinski definition) is 2. The second-order valence-corrected chi connectivity index (χ2v) is 5.52. The van der Waals surface area contributed by atoms with Crippen molar-refractivity contribution in [2.45, 2.75) is 32.4 Å². The summed E-state index contributed by atoms with van der Waals surface area (Å²) in [5.41, 5.74) is 1.07. The molecule has 0 radical (unpaired) electrons. The van der Waals surface area contributed by atoms with E-state index in [1.165, 1.54) is 4.90 Å². The van der Waals surface area contributed by atoms with E-state index in [-0.39, 0.29) is 24.7 Å². The molecule has 0 spiro atoms. The van der Waals surface area contributed by atoms with Crippen molar-refractivity contribution in [3.05, 3.63) is 34.3 Å². The van der Waals surface area contributed by atoms with Crippen molar-refractivity contribution in [2.75, 3.05) is 13.7 Å². The van der Waals surface area contributed by atoms with E-state index >= 15 is 0 Å². The van der Waals surface area contributed by atoms with Gasteiger partial charge in [0.15, 0.2) is 0 Å². The molecule has 0 aliphatic rings. The molecule has 2 atom stereocenters. The van der Waals surface area contributed by atoms with Gasteiger partial charge in [-0.1, -0.05) is 35.0 Å². The van der Waals surface area contributed by atoms with Crippen LogP contribution in [0.25, 0.3) is 0 Å². The van der Waals surface area contributed by atoms with Crippen molar-refractivity contribution < 1.29 is 9.90 Å². The molecule has 1 aromatic carbocycles. The fourth-order valence-corrected chi connectivity index (χ4v) is 1.95. The number of aliphatic hydroxyl groups excluding tert-OH is 1. The van der Waals surface area contributed by atoms with Crippen LogP contribution in [0.3, 0.4) is 0 Å². The van der Waals surface area contributed by atoms with E-state index in [0.717, 1.165) is 16.5 Å². The van der Waals surface area contributed by atoms with E-state index in [4.69, 9.17) is 5.11 Å². The van der Waals surface area contributed by atoms with Crippen molar-refractivity contribution in [1.82, 2.24) is 10.2 Å². The highest BCUT2D eigenvalue weighted by Gasteiger charge is 2.18. The van der Waals surface area contributed by atoms with Crippen molar-refractivity contribution in [3.63, 3.8) is 0 Å². The first-order chi connectivity index (χ1) is 8.99. The summed E-state index contributed by atoms with van der Waals surface area (Å²) in [6, 6.07) is 7.53. The zero-order chi connectivity index (χ0) is 14.4. The minimum atomic E-state index is -0.192. The summed E-state index contributed by atoms with van der Waals surface area (Å²) >= 11 is 3.40. The van der Waals surface area contributed by atoms with Gasteiger partial charge in [0, 0.05) is 11.5 Å². The molecule has 0 bridgehead atoms. The Morgan fingerprint density at radius 2 is 2.00 bits per heavy atom. The smallest absolute Gasteiger partial charge is 0.317 e. The van der Waals surface area contributed by atoms with Crippen molar-refractivity contribution in [1.29, 1.82) is 0 Å². The lowest BCUT2D eigenvalue weighted by Crippen LogP contribution is -2.45. The van der Waals surface area contributed by atoms with Crippen LogP contribution in [0.4, 0.5) is 4.79 Å². The highest BCUT2D eigenvalue weighted by Crippen LogP contribution is 2.19. The third-order valence-corrected chi connectivity index (χ3v) is 3.75. The number of nitrogens with zero attached hydrogens (tertiary/aromatic N) is 1. The summed E-state index contributed by atoms with van der Waals surface area (Å²) in [4.78, 5) is 13.6. The number of nitrogens with one attached hydrogen (secondary N) is 1. The fraction of sp³-hybridized carbons (Fsp3) is 0.500. The van der Waals surface area contributed by atoms with Crippen LogP contribution < -0.4 is 5.32 Å². The minimum absolute atomic E-state index is 0.0195. The standard InChI is InChI=1S/C14H21BrN2O2/c1-4-13(11-5-7-12(15)8-6-11)16-14(19)17(3)10(2)9-18/h5-8,10,13,18H,4,9H2,1-3H3,(H,16,19). The van der Waals surface area contributed by atoms with E-state index in [1.54, 1.807) is 14.0 Å². The molecule has 1 rings (SSSR count). The molecule has 5 heteroatoms. The topological polar surface area (TPSA) is 52.6 Å². The van der Waals surface area contributed by atoms with Gasteiger partial charge < -0.3 is 15.3 Å². The quantitative estimate of drug-likeness (QED) is 0.873. The highest BCUT2D eigenvalue weighted by molar-refractivity contribution is 9.10. The second kappa shape index (κ2) is 7.50. The molecule has 0 aromatic heterocycles. The number of rotatable bonds is 5. The number of halogens is 1. The summed E-state index contributed by atoms with van der Waals surface area (Å²) in [5, 5.41) is 12.0. The molecule has 0 aliphatic heterocycles. The van der Waals surface area contributed by atoms with E-state index in [1.807, 2.05) is 31.2 Å². The lowest BCUT2D eigenvalue weighted by Gasteiger charge is -2.26. The number of hydrogen-bond acceptors (Lipinski definition) is 2. The van der Waals surface area contributed by atoms with Crippen LogP contribution in [0, 0.1) is 0 Å². The van der Waals surface area contributed by atoms with Crippen LogP contribution in [-0.4, -0.2) is 35.7 Å². The lowest BCUT2D eigenvalue weighted by atomic mass is 10.1. The molecule has 0 saturated heterocycles. The number of carbonyl (C=O) groups excluding carboxylic acids is 1. The molecule has 106 valence electrons. The third kappa shape index (κ3) is 4.51. The van der Waals surface area contributed by atoms with E-state index in [0.29, 0.717) is 0 Å². The molecule has 19 heavy (non-hydrogen) atoms. The highest BCUT2D eigenvalue weighted by atomic mass is 79.9. The first kappa shape index (κ1) is 16.0. The lowest BCUT2D eigenvalue weighted by molar-refractivity contribution is 0.154.